The number of fused-ring (bicyclic) bond motifs is 1. The topological polar surface area (TPSA) is 45.2 Å². The van der Waals surface area contributed by atoms with Crippen LogP contribution in [0.1, 0.15) is 10.4 Å². The smallest absolute Gasteiger partial charge is 0.255 e. The van der Waals surface area contributed by atoms with Crippen LogP contribution in [0.4, 0.5) is 0 Å². The van der Waals surface area contributed by atoms with Crippen LogP contribution in [0.5, 0.6) is 0 Å². The Balaban J connectivity index is 1.56. The Hall–Kier alpha value is -1.91. The SMILES string of the molecule is O=C(c1cncc(-c2ccc(Cl)cc2)c1)N1C[C@H]2CNC[C@H]2C1. The fraction of sp³-hybridized carbons (Fsp3) is 0.333. The summed E-state index contributed by atoms with van der Waals surface area (Å²) in [6.45, 7) is 3.75. The first-order chi connectivity index (χ1) is 11.2. The summed E-state index contributed by atoms with van der Waals surface area (Å²) >= 11 is 5.93. The van der Waals surface area contributed by atoms with Gasteiger partial charge >= 0.3 is 0 Å². The highest BCUT2D eigenvalue weighted by Gasteiger charge is 2.38. The van der Waals surface area contributed by atoms with Gasteiger partial charge in [0.2, 0.25) is 0 Å². The van der Waals surface area contributed by atoms with Crippen molar-refractivity contribution < 1.29 is 4.79 Å². The van der Waals surface area contributed by atoms with E-state index in [9.17, 15) is 4.79 Å². The molecule has 1 N–H and O–H groups in total. The number of amides is 1. The molecule has 0 spiro atoms. The lowest BCUT2D eigenvalue weighted by Crippen LogP contribution is -2.31. The van der Waals surface area contributed by atoms with Crippen molar-refractivity contribution in [2.45, 2.75) is 0 Å². The number of benzene rings is 1. The van der Waals surface area contributed by atoms with Crippen LogP contribution >= 0.6 is 11.6 Å². The van der Waals surface area contributed by atoms with Gasteiger partial charge in [-0.25, -0.2) is 0 Å². The van der Waals surface area contributed by atoms with Crippen molar-refractivity contribution in [3.05, 3.63) is 53.3 Å². The molecule has 2 aliphatic heterocycles. The molecule has 0 radical (unpaired) electrons. The minimum atomic E-state index is 0.0858. The van der Waals surface area contributed by atoms with Gasteiger partial charge < -0.3 is 10.2 Å². The summed E-state index contributed by atoms with van der Waals surface area (Å²) < 4.78 is 0. The van der Waals surface area contributed by atoms with Gasteiger partial charge in [-0.05, 0) is 35.6 Å². The van der Waals surface area contributed by atoms with E-state index in [4.69, 9.17) is 11.6 Å². The molecule has 118 valence electrons. The van der Waals surface area contributed by atoms with Crippen molar-refractivity contribution in [1.29, 1.82) is 0 Å². The Morgan fingerprint density at radius 3 is 2.48 bits per heavy atom. The highest BCUT2D eigenvalue weighted by atomic mass is 35.5. The monoisotopic (exact) mass is 327 g/mol. The summed E-state index contributed by atoms with van der Waals surface area (Å²) in [7, 11) is 0. The van der Waals surface area contributed by atoms with E-state index in [1.54, 1.807) is 12.4 Å². The van der Waals surface area contributed by atoms with E-state index in [-0.39, 0.29) is 5.91 Å². The van der Waals surface area contributed by atoms with Crippen molar-refractivity contribution in [2.75, 3.05) is 26.2 Å². The van der Waals surface area contributed by atoms with Crippen LogP contribution in [0, 0.1) is 11.8 Å². The minimum Gasteiger partial charge on any atom is -0.338 e. The Kier molecular flexibility index (Phi) is 3.79. The van der Waals surface area contributed by atoms with E-state index >= 15 is 0 Å². The average Bonchev–Trinajstić information content (AvgIpc) is 3.16. The number of carbonyl (C=O) groups excluding carboxylic acids is 1. The van der Waals surface area contributed by atoms with E-state index in [1.807, 2.05) is 35.2 Å². The molecule has 0 unspecified atom stereocenters. The molecule has 4 rings (SSSR count). The largest absolute Gasteiger partial charge is 0.338 e. The molecule has 2 fully saturated rings. The Labute approximate surface area is 140 Å². The molecule has 3 heterocycles. The number of hydrogen-bond acceptors (Lipinski definition) is 3. The van der Waals surface area contributed by atoms with Crippen molar-refractivity contribution >= 4 is 17.5 Å². The molecule has 0 bridgehead atoms. The van der Waals surface area contributed by atoms with Crippen LogP contribution in [0.3, 0.4) is 0 Å². The van der Waals surface area contributed by atoms with Gasteiger partial charge in [0.25, 0.3) is 5.91 Å². The molecule has 2 aromatic rings. The van der Waals surface area contributed by atoms with Gasteiger partial charge in [-0.1, -0.05) is 23.7 Å². The summed E-state index contributed by atoms with van der Waals surface area (Å²) in [5, 5.41) is 4.10. The first kappa shape index (κ1) is 14.7. The van der Waals surface area contributed by atoms with E-state index in [0.29, 0.717) is 22.4 Å². The van der Waals surface area contributed by atoms with E-state index < -0.39 is 0 Å². The molecule has 5 heteroatoms. The lowest BCUT2D eigenvalue weighted by atomic mass is 10.0. The van der Waals surface area contributed by atoms with Crippen LogP contribution in [0.25, 0.3) is 11.1 Å². The Bertz CT molecular complexity index is 719. The lowest BCUT2D eigenvalue weighted by molar-refractivity contribution is 0.0781. The second kappa shape index (κ2) is 5.95. The standard InChI is InChI=1S/C18H18ClN3O/c19-17-3-1-12(2-4-17)13-5-14(7-20-6-13)18(23)22-10-15-8-21-9-16(15)11-22/h1-7,15-16,21H,8-11H2/t15-,16+. The number of nitrogens with zero attached hydrogens (tertiary/aromatic N) is 2. The highest BCUT2D eigenvalue weighted by molar-refractivity contribution is 6.30. The van der Waals surface area contributed by atoms with Gasteiger partial charge in [-0.3, -0.25) is 9.78 Å². The fourth-order valence-electron chi connectivity index (χ4n) is 3.56. The maximum Gasteiger partial charge on any atom is 0.255 e. The molecule has 2 atom stereocenters. The first-order valence-electron chi connectivity index (χ1n) is 7.92. The molecule has 2 aliphatic rings. The van der Waals surface area contributed by atoms with E-state index in [2.05, 4.69) is 10.3 Å². The third-order valence-electron chi connectivity index (χ3n) is 4.84. The van der Waals surface area contributed by atoms with Crippen LogP contribution in [0.2, 0.25) is 5.02 Å². The molecule has 1 amide bonds. The Morgan fingerprint density at radius 2 is 1.78 bits per heavy atom. The summed E-state index contributed by atoms with van der Waals surface area (Å²) in [4.78, 5) is 19.0. The quantitative estimate of drug-likeness (QED) is 0.922. The van der Waals surface area contributed by atoms with Crippen molar-refractivity contribution in [3.63, 3.8) is 0 Å². The van der Waals surface area contributed by atoms with Gasteiger partial charge in [-0.2, -0.15) is 0 Å². The zero-order chi connectivity index (χ0) is 15.8. The van der Waals surface area contributed by atoms with Crippen molar-refractivity contribution in [1.82, 2.24) is 15.2 Å². The van der Waals surface area contributed by atoms with Crippen LogP contribution in [0.15, 0.2) is 42.7 Å². The average molecular weight is 328 g/mol. The Morgan fingerprint density at radius 1 is 1.09 bits per heavy atom. The number of nitrogens with one attached hydrogen (secondary N) is 1. The molecular weight excluding hydrogens is 310 g/mol. The molecule has 23 heavy (non-hydrogen) atoms. The molecule has 4 nitrogen and oxygen atoms in total. The predicted molar refractivity (Wildman–Crippen MR) is 90.4 cm³/mol. The number of halogens is 1. The summed E-state index contributed by atoms with van der Waals surface area (Å²) in [5.41, 5.74) is 2.61. The van der Waals surface area contributed by atoms with E-state index in [0.717, 1.165) is 37.3 Å². The predicted octanol–water partition coefficient (Wildman–Crippen LogP) is 2.69. The van der Waals surface area contributed by atoms with Crippen LogP contribution in [-0.4, -0.2) is 42.0 Å². The molecule has 0 saturated carbocycles. The van der Waals surface area contributed by atoms with Crippen molar-refractivity contribution in [2.24, 2.45) is 11.8 Å². The molecule has 1 aromatic heterocycles. The van der Waals surface area contributed by atoms with Gasteiger partial charge in [0.05, 0.1) is 5.56 Å². The number of aromatic nitrogens is 1. The lowest BCUT2D eigenvalue weighted by Gasteiger charge is -2.17. The zero-order valence-electron chi connectivity index (χ0n) is 12.7. The van der Waals surface area contributed by atoms with Crippen molar-refractivity contribution in [3.8, 4) is 11.1 Å². The number of rotatable bonds is 2. The number of carbonyl (C=O) groups is 1. The number of likely N-dealkylation sites (tertiary alicyclic amines) is 1. The minimum absolute atomic E-state index is 0.0858. The third-order valence-corrected chi connectivity index (χ3v) is 5.09. The summed E-state index contributed by atoms with van der Waals surface area (Å²) in [6, 6.07) is 9.50. The van der Waals surface area contributed by atoms with Crippen LogP contribution in [-0.2, 0) is 0 Å². The normalized spacial score (nSPS) is 23.1. The van der Waals surface area contributed by atoms with Gasteiger partial charge in [0.1, 0.15) is 0 Å². The fourth-order valence-corrected chi connectivity index (χ4v) is 3.69. The second-order valence-electron chi connectivity index (χ2n) is 6.36. The maximum atomic E-state index is 12.8. The summed E-state index contributed by atoms with van der Waals surface area (Å²) in [5.74, 6) is 1.29. The van der Waals surface area contributed by atoms with Gasteiger partial charge in [-0.15, -0.1) is 0 Å². The third kappa shape index (κ3) is 2.84. The highest BCUT2D eigenvalue weighted by Crippen LogP contribution is 2.28. The van der Waals surface area contributed by atoms with Gasteiger partial charge in [0.15, 0.2) is 0 Å². The van der Waals surface area contributed by atoms with Crippen LogP contribution < -0.4 is 5.32 Å². The van der Waals surface area contributed by atoms with E-state index in [1.165, 1.54) is 0 Å². The molecule has 1 aromatic carbocycles. The number of hydrogen-bond donors (Lipinski definition) is 1. The number of pyridine rings is 1. The maximum absolute atomic E-state index is 12.8. The molecular formula is C18H18ClN3O. The summed E-state index contributed by atoms with van der Waals surface area (Å²) in [6.07, 6.45) is 3.44. The van der Waals surface area contributed by atoms with Gasteiger partial charge in [0, 0.05) is 49.2 Å². The zero-order valence-corrected chi connectivity index (χ0v) is 13.5. The molecule has 0 aliphatic carbocycles. The molecule has 2 saturated heterocycles. The second-order valence-corrected chi connectivity index (χ2v) is 6.79. The first-order valence-corrected chi connectivity index (χ1v) is 8.29.